The van der Waals surface area contributed by atoms with Gasteiger partial charge in [-0.2, -0.15) is 0 Å². The molecule has 1 saturated heterocycles. The number of halogens is 1. The number of aryl methyl sites for hydroxylation is 1. The maximum Gasteiger partial charge on any atom is 0.307 e. The van der Waals surface area contributed by atoms with Gasteiger partial charge >= 0.3 is 5.97 Å². The van der Waals surface area contributed by atoms with Crippen LogP contribution in [0.4, 0.5) is 0 Å². The number of rotatable bonds is 6. The number of carbonyl (C=O) groups excluding carboxylic acids is 1. The Kier molecular flexibility index (Phi) is 6.58. The highest BCUT2D eigenvalue weighted by molar-refractivity contribution is 7.80. The zero-order valence-electron chi connectivity index (χ0n) is 18.6. The third-order valence-electron chi connectivity index (χ3n) is 5.95. The van der Waals surface area contributed by atoms with Gasteiger partial charge in [0.15, 0.2) is 5.11 Å². The topological polar surface area (TPSA) is 79.6 Å². The Bertz CT molecular complexity index is 1200. The number of phenols is 1. The van der Waals surface area contributed by atoms with Crippen LogP contribution in [0.1, 0.15) is 41.1 Å². The molecule has 7 nitrogen and oxygen atoms in total. The Labute approximate surface area is 203 Å². The van der Waals surface area contributed by atoms with Gasteiger partial charge in [0, 0.05) is 29.2 Å². The molecule has 0 aliphatic carbocycles. The van der Waals surface area contributed by atoms with Gasteiger partial charge < -0.3 is 24.6 Å². The average molecular weight is 485 g/mol. The second-order valence-corrected chi connectivity index (χ2v) is 8.76. The van der Waals surface area contributed by atoms with Gasteiger partial charge in [0.2, 0.25) is 0 Å². The van der Waals surface area contributed by atoms with E-state index in [1.54, 1.807) is 24.4 Å². The summed E-state index contributed by atoms with van der Waals surface area (Å²) in [5.41, 5.74) is 4.34. The fraction of sp³-hybridized carbons (Fsp3) is 0.292. The summed E-state index contributed by atoms with van der Waals surface area (Å²) in [5.74, 6) is -0.163. The van der Waals surface area contributed by atoms with Crippen molar-refractivity contribution in [3.63, 3.8) is 0 Å². The summed E-state index contributed by atoms with van der Waals surface area (Å²) < 4.78 is 6.82. The minimum atomic E-state index is -0.299. The van der Waals surface area contributed by atoms with Gasteiger partial charge in [-0.05, 0) is 68.0 Å². The molecule has 2 atom stereocenters. The second-order valence-electron chi connectivity index (χ2n) is 7.94. The number of phenolic OH excluding ortho intramolecular Hbond substituents is 1. The number of aromatic nitrogens is 2. The van der Waals surface area contributed by atoms with E-state index in [0.29, 0.717) is 22.4 Å². The van der Waals surface area contributed by atoms with Crippen LogP contribution in [-0.4, -0.2) is 44.3 Å². The van der Waals surface area contributed by atoms with Gasteiger partial charge in [-0.1, -0.05) is 17.7 Å². The normalized spacial score (nSPS) is 17.8. The Morgan fingerprint density at radius 3 is 2.76 bits per heavy atom. The molecule has 9 heteroatoms. The first-order valence-electron chi connectivity index (χ1n) is 10.5. The number of aromatic hydroxyl groups is 1. The highest BCUT2D eigenvalue weighted by Crippen LogP contribution is 2.42. The van der Waals surface area contributed by atoms with Gasteiger partial charge in [-0.15, -0.1) is 0 Å². The van der Waals surface area contributed by atoms with Crippen molar-refractivity contribution in [3.8, 4) is 11.4 Å². The third-order valence-corrected chi connectivity index (χ3v) is 6.54. The lowest BCUT2D eigenvalue weighted by Crippen LogP contribution is -2.32. The Morgan fingerprint density at radius 2 is 2.06 bits per heavy atom. The fourth-order valence-corrected chi connectivity index (χ4v) is 4.93. The molecular formula is C24H25ClN4O3S. The van der Waals surface area contributed by atoms with E-state index in [2.05, 4.69) is 16.4 Å². The number of nitrogens with zero attached hydrogens (tertiary/aromatic N) is 3. The van der Waals surface area contributed by atoms with E-state index in [-0.39, 0.29) is 30.2 Å². The summed E-state index contributed by atoms with van der Waals surface area (Å²) in [6.45, 7) is 4.38. The van der Waals surface area contributed by atoms with Gasteiger partial charge in [0.25, 0.3) is 0 Å². The van der Waals surface area contributed by atoms with E-state index in [0.717, 1.165) is 22.6 Å². The van der Waals surface area contributed by atoms with Crippen molar-refractivity contribution in [2.24, 2.45) is 0 Å². The summed E-state index contributed by atoms with van der Waals surface area (Å²) in [5, 5.41) is 15.0. The van der Waals surface area contributed by atoms with E-state index >= 15 is 0 Å². The molecule has 2 aromatic heterocycles. The lowest BCUT2D eigenvalue weighted by molar-refractivity contribution is -0.140. The minimum Gasteiger partial charge on any atom is -0.506 e. The van der Waals surface area contributed by atoms with Gasteiger partial charge in [-0.3, -0.25) is 9.78 Å². The van der Waals surface area contributed by atoms with Crippen LogP contribution in [-0.2, 0) is 9.53 Å². The SMILES string of the molecule is COC(=O)CCN1C(=S)N[C@@H](c2ccccn2)[C@H]1c1cc(C)n(-c2cc(Cl)ccc2O)c1C. The standard InChI is InChI=1S/C24H25ClN4O3S/c1-14-12-17(15(2)29(14)19-13-16(25)7-8-20(19)30)23-22(18-6-4-5-10-26-18)27-24(33)28(23)11-9-21(31)32-3/h4-8,10,12-13,22-23,30H,9,11H2,1-3H3,(H,27,33)/t22-,23+/m0/s1. The van der Waals surface area contributed by atoms with Crippen LogP contribution in [0, 0.1) is 13.8 Å². The number of hydrogen-bond acceptors (Lipinski definition) is 5. The summed E-state index contributed by atoms with van der Waals surface area (Å²) in [6, 6.07) is 12.4. The largest absolute Gasteiger partial charge is 0.506 e. The molecule has 1 aromatic carbocycles. The average Bonchev–Trinajstić information content (AvgIpc) is 3.29. The number of pyridine rings is 1. The van der Waals surface area contributed by atoms with Crippen LogP contribution in [0.3, 0.4) is 0 Å². The molecule has 0 radical (unpaired) electrons. The van der Waals surface area contributed by atoms with Crippen LogP contribution in [0.25, 0.3) is 5.69 Å². The number of ether oxygens (including phenoxy) is 1. The van der Waals surface area contributed by atoms with E-state index in [1.165, 1.54) is 7.11 Å². The predicted molar refractivity (Wildman–Crippen MR) is 131 cm³/mol. The van der Waals surface area contributed by atoms with Crippen LogP contribution in [0.2, 0.25) is 5.02 Å². The Hall–Kier alpha value is -3.10. The molecule has 33 heavy (non-hydrogen) atoms. The summed E-state index contributed by atoms with van der Waals surface area (Å²) >= 11 is 11.9. The highest BCUT2D eigenvalue weighted by Gasteiger charge is 2.41. The zero-order valence-corrected chi connectivity index (χ0v) is 20.2. The maximum absolute atomic E-state index is 11.9. The second kappa shape index (κ2) is 9.41. The maximum atomic E-state index is 11.9. The molecule has 0 unspecified atom stereocenters. The summed E-state index contributed by atoms with van der Waals surface area (Å²) in [7, 11) is 1.38. The van der Waals surface area contributed by atoms with Crippen molar-refractivity contribution in [2.75, 3.05) is 13.7 Å². The Balaban J connectivity index is 1.82. The van der Waals surface area contributed by atoms with Crippen LogP contribution >= 0.6 is 23.8 Å². The molecule has 2 N–H and O–H groups in total. The summed E-state index contributed by atoms with van der Waals surface area (Å²) in [4.78, 5) is 18.4. The van der Waals surface area contributed by atoms with Gasteiger partial charge in [0.1, 0.15) is 5.75 Å². The van der Waals surface area contributed by atoms with Crippen molar-refractivity contribution in [3.05, 3.63) is 76.3 Å². The van der Waals surface area contributed by atoms with Gasteiger partial charge in [-0.25, -0.2) is 0 Å². The molecule has 1 aliphatic rings. The smallest absolute Gasteiger partial charge is 0.307 e. The van der Waals surface area contributed by atoms with Crippen molar-refractivity contribution >= 4 is 34.9 Å². The van der Waals surface area contributed by atoms with E-state index in [4.69, 9.17) is 28.6 Å². The molecule has 4 rings (SSSR count). The lowest BCUT2D eigenvalue weighted by atomic mass is 9.96. The number of thiocarbonyl (C=S) groups is 1. The first kappa shape index (κ1) is 23.1. The van der Waals surface area contributed by atoms with Crippen LogP contribution < -0.4 is 5.32 Å². The number of carbonyl (C=O) groups is 1. The molecule has 0 bridgehead atoms. The number of benzene rings is 1. The first-order chi connectivity index (χ1) is 15.8. The molecule has 3 aromatic rings. The van der Waals surface area contributed by atoms with Crippen molar-refractivity contribution in [1.29, 1.82) is 0 Å². The molecule has 1 fully saturated rings. The van der Waals surface area contributed by atoms with Crippen molar-refractivity contribution < 1.29 is 14.6 Å². The zero-order chi connectivity index (χ0) is 23.7. The number of hydrogen-bond donors (Lipinski definition) is 2. The monoisotopic (exact) mass is 484 g/mol. The molecule has 172 valence electrons. The molecule has 0 amide bonds. The number of methoxy groups -OCH3 is 1. The molecule has 0 saturated carbocycles. The van der Waals surface area contributed by atoms with Crippen LogP contribution in [0.15, 0.2) is 48.7 Å². The minimum absolute atomic E-state index is 0.136. The first-order valence-corrected chi connectivity index (χ1v) is 11.3. The summed E-state index contributed by atoms with van der Waals surface area (Å²) in [6.07, 6.45) is 1.96. The quantitative estimate of drug-likeness (QED) is 0.397. The number of esters is 1. The van der Waals surface area contributed by atoms with E-state index in [1.807, 2.05) is 41.5 Å². The lowest BCUT2D eigenvalue weighted by Gasteiger charge is -2.28. The number of nitrogens with one attached hydrogen (secondary N) is 1. The fourth-order valence-electron chi connectivity index (χ4n) is 4.43. The molecular weight excluding hydrogens is 460 g/mol. The van der Waals surface area contributed by atoms with E-state index < -0.39 is 0 Å². The molecule has 0 spiro atoms. The highest BCUT2D eigenvalue weighted by atomic mass is 35.5. The Morgan fingerprint density at radius 1 is 1.27 bits per heavy atom. The molecule has 3 heterocycles. The van der Waals surface area contributed by atoms with Crippen LogP contribution in [0.5, 0.6) is 5.75 Å². The van der Waals surface area contributed by atoms with Gasteiger partial charge in [0.05, 0.1) is 37.0 Å². The molecule has 1 aliphatic heterocycles. The third kappa shape index (κ3) is 4.41. The predicted octanol–water partition coefficient (Wildman–Crippen LogP) is 4.38. The van der Waals surface area contributed by atoms with E-state index in [9.17, 15) is 9.90 Å². The van der Waals surface area contributed by atoms with Crippen molar-refractivity contribution in [1.82, 2.24) is 19.8 Å². The van der Waals surface area contributed by atoms with Crippen molar-refractivity contribution in [2.45, 2.75) is 32.4 Å².